The van der Waals surface area contributed by atoms with E-state index in [-0.39, 0.29) is 17.2 Å². The van der Waals surface area contributed by atoms with Crippen molar-refractivity contribution < 1.29 is 29.1 Å². The van der Waals surface area contributed by atoms with Crippen LogP contribution in [0.1, 0.15) is 6.92 Å². The van der Waals surface area contributed by atoms with Crippen molar-refractivity contribution >= 4 is 17.6 Å². The molecule has 21 heavy (non-hydrogen) atoms. The van der Waals surface area contributed by atoms with Gasteiger partial charge in [0.1, 0.15) is 11.8 Å². The van der Waals surface area contributed by atoms with Crippen LogP contribution < -0.4 is 14.8 Å². The number of nitrogens with one attached hydrogen (secondary N) is 1. The molecule has 9 nitrogen and oxygen atoms in total. The fraction of sp³-hybridized carbons (Fsp3) is 0.333. The Kier molecular flexibility index (Phi) is 5.47. The van der Waals surface area contributed by atoms with E-state index in [2.05, 4.69) is 5.32 Å². The summed E-state index contributed by atoms with van der Waals surface area (Å²) >= 11 is 0. The second kappa shape index (κ2) is 7.08. The summed E-state index contributed by atoms with van der Waals surface area (Å²) in [7, 11) is 1.27. The number of hydrogen-bond acceptors (Lipinski definition) is 6. The quantitative estimate of drug-likeness (QED) is 0.556. The van der Waals surface area contributed by atoms with E-state index in [1.165, 1.54) is 32.2 Å². The van der Waals surface area contributed by atoms with Crippen LogP contribution in [0, 0.1) is 10.1 Å². The van der Waals surface area contributed by atoms with E-state index < -0.39 is 29.4 Å². The molecule has 1 rings (SSSR count). The number of carboxylic acid groups (broad SMARTS) is 1. The Labute approximate surface area is 119 Å². The first-order valence-corrected chi connectivity index (χ1v) is 5.82. The van der Waals surface area contributed by atoms with Gasteiger partial charge < -0.3 is 19.9 Å². The molecule has 1 atom stereocenters. The van der Waals surface area contributed by atoms with Crippen LogP contribution in [0.25, 0.3) is 0 Å². The minimum atomic E-state index is -1.17. The summed E-state index contributed by atoms with van der Waals surface area (Å²) in [6, 6.07) is 2.74. The van der Waals surface area contributed by atoms with Crippen LogP contribution in [0.2, 0.25) is 0 Å². The van der Waals surface area contributed by atoms with Gasteiger partial charge in [-0.2, -0.15) is 0 Å². The van der Waals surface area contributed by atoms with Crippen LogP contribution in [-0.4, -0.2) is 41.7 Å². The Morgan fingerprint density at radius 2 is 2.14 bits per heavy atom. The van der Waals surface area contributed by atoms with Crippen molar-refractivity contribution in [1.82, 2.24) is 5.32 Å². The van der Waals surface area contributed by atoms with Gasteiger partial charge >= 0.3 is 11.7 Å². The summed E-state index contributed by atoms with van der Waals surface area (Å²) in [6.07, 6.45) is 0. The van der Waals surface area contributed by atoms with Gasteiger partial charge in [-0.05, 0) is 13.0 Å². The number of nitro groups is 1. The fourth-order valence-electron chi connectivity index (χ4n) is 1.39. The van der Waals surface area contributed by atoms with Gasteiger partial charge in [0.05, 0.1) is 12.0 Å². The first-order chi connectivity index (χ1) is 9.85. The molecule has 0 unspecified atom stereocenters. The number of ether oxygens (including phenoxy) is 2. The van der Waals surface area contributed by atoms with E-state index in [1.807, 2.05) is 0 Å². The van der Waals surface area contributed by atoms with Crippen molar-refractivity contribution in [3.05, 3.63) is 28.3 Å². The molecule has 0 spiro atoms. The Bertz CT molecular complexity index is 559. The largest absolute Gasteiger partial charge is 0.490 e. The molecule has 0 radical (unpaired) electrons. The third-order valence-corrected chi connectivity index (χ3v) is 2.47. The predicted octanol–water partition coefficient (Wildman–Crippen LogP) is 0.571. The minimum Gasteiger partial charge on any atom is -0.490 e. The lowest BCUT2D eigenvalue weighted by Gasteiger charge is -2.11. The van der Waals surface area contributed by atoms with E-state index >= 15 is 0 Å². The first kappa shape index (κ1) is 16.2. The minimum absolute atomic E-state index is 0.00295. The summed E-state index contributed by atoms with van der Waals surface area (Å²) in [4.78, 5) is 32.1. The van der Waals surface area contributed by atoms with Crippen LogP contribution in [0.15, 0.2) is 18.2 Å². The molecule has 0 aliphatic rings. The molecule has 0 aliphatic carbocycles. The van der Waals surface area contributed by atoms with Crippen molar-refractivity contribution in [2.24, 2.45) is 0 Å². The van der Waals surface area contributed by atoms with Crippen molar-refractivity contribution in [1.29, 1.82) is 0 Å². The van der Waals surface area contributed by atoms with E-state index in [0.717, 1.165) is 0 Å². The van der Waals surface area contributed by atoms with E-state index in [0.29, 0.717) is 0 Å². The molecule has 0 saturated heterocycles. The zero-order valence-electron chi connectivity index (χ0n) is 11.4. The summed E-state index contributed by atoms with van der Waals surface area (Å²) in [5.74, 6) is -1.60. The third kappa shape index (κ3) is 4.64. The van der Waals surface area contributed by atoms with Gasteiger partial charge in [0.2, 0.25) is 5.75 Å². The molecule has 1 aromatic carbocycles. The van der Waals surface area contributed by atoms with Crippen molar-refractivity contribution in [2.75, 3.05) is 13.7 Å². The standard InChI is InChI=1S/C12H14N2O7/c1-7(12(16)17)13-11(15)6-21-8-3-4-9(14(18)19)10(5-8)20-2/h3-5,7H,6H2,1-2H3,(H,13,15)(H,16,17)/t7-/m0/s1. The normalized spacial score (nSPS) is 11.3. The predicted molar refractivity (Wildman–Crippen MR) is 70.4 cm³/mol. The van der Waals surface area contributed by atoms with E-state index in [1.54, 1.807) is 0 Å². The number of nitro benzene ring substituents is 1. The van der Waals surface area contributed by atoms with Crippen molar-refractivity contribution in [2.45, 2.75) is 13.0 Å². The lowest BCUT2D eigenvalue weighted by atomic mass is 10.3. The summed E-state index contributed by atoms with van der Waals surface area (Å²) < 4.78 is 9.97. The molecule has 0 heterocycles. The van der Waals surface area contributed by atoms with Crippen LogP contribution in [0.3, 0.4) is 0 Å². The fourth-order valence-corrected chi connectivity index (χ4v) is 1.39. The molecule has 114 valence electrons. The highest BCUT2D eigenvalue weighted by Gasteiger charge is 2.17. The number of benzene rings is 1. The maximum Gasteiger partial charge on any atom is 0.325 e. The van der Waals surface area contributed by atoms with Gasteiger partial charge in [-0.3, -0.25) is 19.7 Å². The Morgan fingerprint density at radius 3 is 2.67 bits per heavy atom. The number of amides is 1. The molecule has 9 heteroatoms. The highest BCUT2D eigenvalue weighted by molar-refractivity contribution is 5.84. The zero-order chi connectivity index (χ0) is 16.0. The summed E-state index contributed by atoms with van der Waals surface area (Å²) in [5.41, 5.74) is -0.228. The lowest BCUT2D eigenvalue weighted by Crippen LogP contribution is -2.40. The molecule has 0 aliphatic heterocycles. The van der Waals surface area contributed by atoms with Gasteiger partial charge in [-0.15, -0.1) is 0 Å². The van der Waals surface area contributed by atoms with Gasteiger partial charge in [0.15, 0.2) is 6.61 Å². The Morgan fingerprint density at radius 1 is 1.48 bits per heavy atom. The lowest BCUT2D eigenvalue weighted by molar-refractivity contribution is -0.385. The van der Waals surface area contributed by atoms with Gasteiger partial charge in [-0.25, -0.2) is 0 Å². The molecule has 0 fully saturated rings. The number of carbonyl (C=O) groups excluding carboxylic acids is 1. The maximum atomic E-state index is 11.4. The average Bonchev–Trinajstić information content (AvgIpc) is 2.44. The smallest absolute Gasteiger partial charge is 0.325 e. The molecule has 1 amide bonds. The van der Waals surface area contributed by atoms with E-state index in [4.69, 9.17) is 14.6 Å². The number of carboxylic acids is 1. The number of carbonyl (C=O) groups is 2. The molecule has 0 bridgehead atoms. The van der Waals surface area contributed by atoms with Crippen LogP contribution in [-0.2, 0) is 9.59 Å². The zero-order valence-corrected chi connectivity index (χ0v) is 11.4. The Hall–Kier alpha value is -2.84. The molecule has 1 aromatic rings. The monoisotopic (exact) mass is 298 g/mol. The second-order valence-corrected chi connectivity index (χ2v) is 4.01. The highest BCUT2D eigenvalue weighted by Crippen LogP contribution is 2.30. The van der Waals surface area contributed by atoms with Gasteiger partial charge in [0.25, 0.3) is 5.91 Å². The average molecular weight is 298 g/mol. The molecular formula is C12H14N2O7. The molecule has 0 saturated carbocycles. The van der Waals surface area contributed by atoms with Crippen molar-refractivity contribution in [3.8, 4) is 11.5 Å². The van der Waals surface area contributed by atoms with Crippen LogP contribution >= 0.6 is 0 Å². The second-order valence-electron chi connectivity index (χ2n) is 4.01. The SMILES string of the molecule is COc1cc(OCC(=O)N[C@@H](C)C(=O)O)ccc1[N+](=O)[O-]. The number of methoxy groups -OCH3 is 1. The maximum absolute atomic E-state index is 11.4. The van der Waals surface area contributed by atoms with Crippen LogP contribution in [0.5, 0.6) is 11.5 Å². The first-order valence-electron chi connectivity index (χ1n) is 5.82. The highest BCUT2D eigenvalue weighted by atomic mass is 16.6. The number of nitrogens with zero attached hydrogens (tertiary/aromatic N) is 1. The van der Waals surface area contributed by atoms with E-state index in [9.17, 15) is 19.7 Å². The van der Waals surface area contributed by atoms with Gasteiger partial charge in [-0.1, -0.05) is 0 Å². The topological polar surface area (TPSA) is 128 Å². The molecule has 0 aromatic heterocycles. The number of aliphatic carboxylic acids is 1. The van der Waals surface area contributed by atoms with Gasteiger partial charge in [0, 0.05) is 12.1 Å². The van der Waals surface area contributed by atoms with Crippen molar-refractivity contribution in [3.63, 3.8) is 0 Å². The number of rotatable bonds is 7. The third-order valence-electron chi connectivity index (χ3n) is 2.47. The summed E-state index contributed by atoms with van der Waals surface area (Å²) in [5, 5.41) is 21.5. The Balaban J connectivity index is 2.66. The summed E-state index contributed by atoms with van der Waals surface area (Å²) in [6.45, 7) is 0.897. The molecular weight excluding hydrogens is 284 g/mol. The molecule has 2 N–H and O–H groups in total. The number of hydrogen-bond donors (Lipinski definition) is 2. The van der Waals surface area contributed by atoms with Crippen LogP contribution in [0.4, 0.5) is 5.69 Å².